The van der Waals surface area contributed by atoms with Crippen LogP contribution in [0.4, 0.5) is 11.5 Å². The molecule has 0 amide bonds. The summed E-state index contributed by atoms with van der Waals surface area (Å²) in [5, 5.41) is 3.28. The molecular formula is C12H21N3O. The van der Waals surface area contributed by atoms with Crippen molar-refractivity contribution < 1.29 is 4.74 Å². The highest BCUT2D eigenvalue weighted by atomic mass is 16.5. The smallest absolute Gasteiger partial charge is 0.239 e. The van der Waals surface area contributed by atoms with Gasteiger partial charge in [0.25, 0.3) is 0 Å². The van der Waals surface area contributed by atoms with Crippen LogP contribution >= 0.6 is 0 Å². The summed E-state index contributed by atoms with van der Waals surface area (Å²) in [6, 6.07) is 3.67. The zero-order valence-electron chi connectivity index (χ0n) is 10.5. The third-order valence-electron chi connectivity index (χ3n) is 1.84. The van der Waals surface area contributed by atoms with Crippen LogP contribution in [0.1, 0.15) is 34.1 Å². The Hall–Kier alpha value is -1.45. The molecule has 1 rings (SSSR count). The van der Waals surface area contributed by atoms with Crippen LogP contribution in [-0.4, -0.2) is 17.1 Å². The minimum absolute atomic E-state index is 0.0227. The lowest BCUT2D eigenvalue weighted by molar-refractivity contribution is 0.307. The van der Waals surface area contributed by atoms with Gasteiger partial charge in [0.05, 0.1) is 12.3 Å². The van der Waals surface area contributed by atoms with Crippen molar-refractivity contribution >= 4 is 11.5 Å². The summed E-state index contributed by atoms with van der Waals surface area (Å²) >= 11 is 0. The first kappa shape index (κ1) is 12.6. The van der Waals surface area contributed by atoms with E-state index in [1.165, 1.54) is 0 Å². The standard InChI is InChI=1S/C12H21N3O/c1-5-8-16-11-9(13)6-7-10(14-11)15-12(2,3)4/h6-7H,5,8,13H2,1-4H3,(H,14,15). The molecule has 0 unspecified atom stereocenters. The number of rotatable bonds is 4. The monoisotopic (exact) mass is 223 g/mol. The van der Waals surface area contributed by atoms with Gasteiger partial charge in [-0.3, -0.25) is 0 Å². The maximum absolute atomic E-state index is 5.78. The number of nitrogen functional groups attached to an aromatic ring is 1. The quantitative estimate of drug-likeness (QED) is 0.823. The molecule has 4 heteroatoms. The fraction of sp³-hybridized carbons (Fsp3) is 0.583. The summed E-state index contributed by atoms with van der Waals surface area (Å²) < 4.78 is 5.46. The average molecular weight is 223 g/mol. The van der Waals surface area contributed by atoms with Crippen LogP contribution in [0, 0.1) is 0 Å². The van der Waals surface area contributed by atoms with Gasteiger partial charge in [0.1, 0.15) is 5.82 Å². The molecule has 0 aliphatic carbocycles. The van der Waals surface area contributed by atoms with Crippen molar-refractivity contribution in [2.24, 2.45) is 0 Å². The lowest BCUT2D eigenvalue weighted by Gasteiger charge is -2.21. The van der Waals surface area contributed by atoms with Gasteiger partial charge in [0.2, 0.25) is 5.88 Å². The Morgan fingerprint density at radius 3 is 2.62 bits per heavy atom. The van der Waals surface area contributed by atoms with Gasteiger partial charge in [0, 0.05) is 5.54 Å². The van der Waals surface area contributed by atoms with E-state index in [0.717, 1.165) is 12.2 Å². The van der Waals surface area contributed by atoms with Crippen LogP contribution in [0.25, 0.3) is 0 Å². The average Bonchev–Trinajstić information content (AvgIpc) is 2.17. The zero-order chi connectivity index (χ0) is 12.2. The second-order valence-corrected chi connectivity index (χ2v) is 4.81. The van der Waals surface area contributed by atoms with E-state index in [4.69, 9.17) is 10.5 Å². The minimum atomic E-state index is -0.0227. The van der Waals surface area contributed by atoms with Gasteiger partial charge >= 0.3 is 0 Å². The highest BCUT2D eigenvalue weighted by Gasteiger charge is 2.11. The summed E-state index contributed by atoms with van der Waals surface area (Å²) in [5.74, 6) is 1.30. The van der Waals surface area contributed by atoms with Crippen LogP contribution in [-0.2, 0) is 0 Å². The Morgan fingerprint density at radius 2 is 2.06 bits per heavy atom. The summed E-state index contributed by atoms with van der Waals surface area (Å²) in [4.78, 5) is 4.34. The molecule has 0 spiro atoms. The fourth-order valence-electron chi connectivity index (χ4n) is 1.22. The molecule has 16 heavy (non-hydrogen) atoms. The van der Waals surface area contributed by atoms with Crippen molar-refractivity contribution in [3.8, 4) is 5.88 Å². The largest absolute Gasteiger partial charge is 0.476 e. The normalized spacial score (nSPS) is 11.2. The molecule has 1 aromatic rings. The molecule has 0 aliphatic rings. The van der Waals surface area contributed by atoms with Gasteiger partial charge in [-0.1, -0.05) is 6.92 Å². The third kappa shape index (κ3) is 3.96. The number of ether oxygens (including phenoxy) is 1. The number of nitrogens with one attached hydrogen (secondary N) is 1. The molecule has 4 nitrogen and oxygen atoms in total. The Kier molecular flexibility index (Phi) is 3.99. The maximum atomic E-state index is 5.78. The molecule has 0 atom stereocenters. The van der Waals surface area contributed by atoms with Gasteiger partial charge in [0.15, 0.2) is 0 Å². The molecule has 0 radical (unpaired) electrons. The number of pyridine rings is 1. The molecule has 1 heterocycles. The van der Waals surface area contributed by atoms with Crippen molar-refractivity contribution in [1.82, 2.24) is 4.98 Å². The topological polar surface area (TPSA) is 60.2 Å². The maximum Gasteiger partial charge on any atom is 0.239 e. The lowest BCUT2D eigenvalue weighted by Crippen LogP contribution is -2.26. The molecule has 0 saturated heterocycles. The Balaban J connectivity index is 2.81. The summed E-state index contributed by atoms with van der Waals surface area (Å²) in [6.45, 7) is 8.93. The van der Waals surface area contributed by atoms with Crippen LogP contribution in [0.2, 0.25) is 0 Å². The first-order valence-corrected chi connectivity index (χ1v) is 5.60. The van der Waals surface area contributed by atoms with Gasteiger partial charge in [-0.15, -0.1) is 0 Å². The van der Waals surface area contributed by atoms with E-state index in [0.29, 0.717) is 18.2 Å². The number of nitrogens with two attached hydrogens (primary N) is 1. The van der Waals surface area contributed by atoms with E-state index < -0.39 is 0 Å². The first-order valence-electron chi connectivity index (χ1n) is 5.60. The van der Waals surface area contributed by atoms with Crippen molar-refractivity contribution in [3.63, 3.8) is 0 Å². The molecule has 0 fully saturated rings. The summed E-state index contributed by atoms with van der Waals surface area (Å²) in [6.07, 6.45) is 0.943. The zero-order valence-corrected chi connectivity index (χ0v) is 10.5. The second-order valence-electron chi connectivity index (χ2n) is 4.81. The highest BCUT2D eigenvalue weighted by Crippen LogP contribution is 2.22. The number of anilines is 2. The van der Waals surface area contributed by atoms with Crippen LogP contribution in [0.3, 0.4) is 0 Å². The molecule has 1 aromatic heterocycles. The number of hydrogen-bond donors (Lipinski definition) is 2. The second kappa shape index (κ2) is 5.05. The Morgan fingerprint density at radius 1 is 1.38 bits per heavy atom. The van der Waals surface area contributed by atoms with E-state index in [9.17, 15) is 0 Å². The van der Waals surface area contributed by atoms with E-state index in [-0.39, 0.29) is 5.54 Å². The minimum Gasteiger partial charge on any atom is -0.476 e. The predicted octanol–water partition coefficient (Wildman–Crippen LogP) is 2.66. The number of hydrogen-bond acceptors (Lipinski definition) is 4. The van der Waals surface area contributed by atoms with Gasteiger partial charge in [-0.2, -0.15) is 4.98 Å². The van der Waals surface area contributed by atoms with Crippen molar-refractivity contribution in [3.05, 3.63) is 12.1 Å². The highest BCUT2D eigenvalue weighted by molar-refractivity contribution is 5.54. The summed E-state index contributed by atoms with van der Waals surface area (Å²) in [7, 11) is 0. The van der Waals surface area contributed by atoms with Crippen LogP contribution < -0.4 is 15.8 Å². The number of nitrogens with zero attached hydrogens (tertiary/aromatic N) is 1. The number of aromatic nitrogens is 1. The van der Waals surface area contributed by atoms with Crippen LogP contribution in [0.15, 0.2) is 12.1 Å². The molecule has 90 valence electrons. The molecule has 0 bridgehead atoms. The van der Waals surface area contributed by atoms with Crippen LogP contribution in [0.5, 0.6) is 5.88 Å². The SMILES string of the molecule is CCCOc1nc(NC(C)(C)C)ccc1N. The molecular weight excluding hydrogens is 202 g/mol. The molecule has 0 aromatic carbocycles. The predicted molar refractivity (Wildman–Crippen MR) is 67.8 cm³/mol. The first-order chi connectivity index (χ1) is 7.42. The van der Waals surface area contributed by atoms with Gasteiger partial charge in [-0.25, -0.2) is 0 Å². The molecule has 0 saturated carbocycles. The van der Waals surface area contributed by atoms with E-state index >= 15 is 0 Å². The third-order valence-corrected chi connectivity index (χ3v) is 1.84. The van der Waals surface area contributed by atoms with E-state index in [1.54, 1.807) is 0 Å². The van der Waals surface area contributed by atoms with Gasteiger partial charge < -0.3 is 15.8 Å². The van der Waals surface area contributed by atoms with E-state index in [2.05, 4.69) is 31.1 Å². The van der Waals surface area contributed by atoms with E-state index in [1.807, 2.05) is 19.1 Å². The molecule has 3 N–H and O–H groups in total. The Labute approximate surface area is 97.2 Å². The Bertz CT molecular complexity index is 345. The van der Waals surface area contributed by atoms with Crippen molar-refractivity contribution in [1.29, 1.82) is 0 Å². The lowest BCUT2D eigenvalue weighted by atomic mass is 10.1. The molecule has 0 aliphatic heterocycles. The fourth-order valence-corrected chi connectivity index (χ4v) is 1.22. The van der Waals surface area contributed by atoms with Gasteiger partial charge in [-0.05, 0) is 39.3 Å². The summed E-state index contributed by atoms with van der Waals surface area (Å²) in [5.41, 5.74) is 6.33. The van der Waals surface area contributed by atoms with Crippen molar-refractivity contribution in [2.75, 3.05) is 17.7 Å². The van der Waals surface area contributed by atoms with Crippen molar-refractivity contribution in [2.45, 2.75) is 39.7 Å².